The Hall–Kier alpha value is -4.02. The van der Waals surface area contributed by atoms with Crippen LogP contribution >= 0.6 is 0 Å². The van der Waals surface area contributed by atoms with Crippen LogP contribution in [0.1, 0.15) is 37.4 Å². The number of carbonyl (C=O) groups excluding carboxylic acids is 3. The molecule has 0 bridgehead atoms. The van der Waals surface area contributed by atoms with E-state index >= 15 is 0 Å². The number of benzene rings is 3. The van der Waals surface area contributed by atoms with Crippen LogP contribution in [0.2, 0.25) is 0 Å². The van der Waals surface area contributed by atoms with Crippen LogP contribution < -0.4 is 15.4 Å². The molecule has 0 spiro atoms. The molecule has 4 N–H and O–H groups in total. The van der Waals surface area contributed by atoms with Crippen molar-refractivity contribution in [3.05, 3.63) is 101 Å². The summed E-state index contributed by atoms with van der Waals surface area (Å²) in [6.45, 7) is 0. The Balaban J connectivity index is 1.74. The highest BCUT2D eigenvalue weighted by Gasteiger charge is 2.34. The summed E-state index contributed by atoms with van der Waals surface area (Å²) >= 11 is 0. The number of aliphatic hydroxyl groups is 1. The number of hydrogen-bond donors (Lipinski definition) is 3. The van der Waals surface area contributed by atoms with Crippen molar-refractivity contribution in [2.45, 2.75) is 24.8 Å². The van der Waals surface area contributed by atoms with E-state index in [1.807, 2.05) is 0 Å². The molecule has 9 nitrogen and oxygen atoms in total. The van der Waals surface area contributed by atoms with Gasteiger partial charge in [0, 0.05) is 6.42 Å². The lowest BCUT2D eigenvalue weighted by Crippen LogP contribution is -2.42. The minimum atomic E-state index is -4.13. The van der Waals surface area contributed by atoms with E-state index < -0.39 is 39.7 Å². The minimum absolute atomic E-state index is 0.106. The van der Waals surface area contributed by atoms with E-state index in [-0.39, 0.29) is 29.7 Å². The predicted molar refractivity (Wildman–Crippen MR) is 129 cm³/mol. The van der Waals surface area contributed by atoms with Crippen LogP contribution in [0.5, 0.6) is 0 Å². The van der Waals surface area contributed by atoms with Crippen LogP contribution in [0.25, 0.3) is 0 Å². The number of primary amides is 1. The van der Waals surface area contributed by atoms with Gasteiger partial charge in [0.1, 0.15) is 6.23 Å². The summed E-state index contributed by atoms with van der Waals surface area (Å²) in [4.78, 5) is 35.7. The van der Waals surface area contributed by atoms with E-state index in [1.165, 1.54) is 18.2 Å². The molecule has 1 heterocycles. The number of amides is 3. The molecule has 0 aliphatic carbocycles. The maximum absolute atomic E-state index is 13.6. The molecule has 0 radical (unpaired) electrons. The Morgan fingerprint density at radius 1 is 0.943 bits per heavy atom. The first-order valence-corrected chi connectivity index (χ1v) is 12.4. The highest BCUT2D eigenvalue weighted by atomic mass is 32.2. The van der Waals surface area contributed by atoms with E-state index in [0.717, 1.165) is 4.31 Å². The highest BCUT2D eigenvalue weighted by molar-refractivity contribution is 7.92. The van der Waals surface area contributed by atoms with Gasteiger partial charge in [-0.2, -0.15) is 0 Å². The quantitative estimate of drug-likeness (QED) is 0.304. The first-order valence-electron chi connectivity index (χ1n) is 10.7. The molecule has 4 rings (SSSR count). The van der Waals surface area contributed by atoms with E-state index in [2.05, 4.69) is 5.32 Å². The molecule has 0 saturated heterocycles. The average Bonchev–Trinajstić information content (AvgIpc) is 3.08. The predicted octanol–water partition coefficient (Wildman–Crippen LogP) is 1.50. The van der Waals surface area contributed by atoms with Gasteiger partial charge < -0.3 is 10.8 Å². The molecule has 3 amide bonds. The van der Waals surface area contributed by atoms with Crippen LogP contribution in [0.15, 0.2) is 72.8 Å². The molecule has 1 aliphatic rings. The van der Waals surface area contributed by atoms with E-state index in [4.69, 9.17) is 5.73 Å². The first kappa shape index (κ1) is 24.1. The summed E-state index contributed by atoms with van der Waals surface area (Å²) in [5.74, 6) is -2.13. The molecule has 3 aromatic rings. The number of nitrogens with zero attached hydrogens (tertiary/aromatic N) is 1. The van der Waals surface area contributed by atoms with Crippen molar-refractivity contribution < 1.29 is 27.9 Å². The lowest BCUT2D eigenvalue weighted by molar-refractivity contribution is -0.117. The van der Waals surface area contributed by atoms with Gasteiger partial charge in [-0.05, 0) is 34.9 Å². The van der Waals surface area contributed by atoms with Gasteiger partial charge in [-0.15, -0.1) is 0 Å². The van der Waals surface area contributed by atoms with Gasteiger partial charge in [0.05, 0.1) is 29.0 Å². The zero-order valence-corrected chi connectivity index (χ0v) is 19.4. The second kappa shape index (κ2) is 9.69. The maximum atomic E-state index is 13.6. The lowest BCUT2D eigenvalue weighted by Gasteiger charge is -2.30. The molecular weight excluding hydrogens is 470 g/mol. The topological polar surface area (TPSA) is 147 Å². The zero-order valence-electron chi connectivity index (χ0n) is 18.5. The van der Waals surface area contributed by atoms with Gasteiger partial charge in [-0.25, -0.2) is 12.7 Å². The van der Waals surface area contributed by atoms with Crippen LogP contribution in [0, 0.1) is 0 Å². The fourth-order valence-electron chi connectivity index (χ4n) is 4.12. The molecule has 3 aromatic carbocycles. The van der Waals surface area contributed by atoms with Crippen LogP contribution in [-0.2, 0) is 33.4 Å². The number of sulfonamides is 1. The Morgan fingerprint density at radius 2 is 1.63 bits per heavy atom. The highest BCUT2D eigenvalue weighted by Crippen LogP contribution is 2.28. The number of anilines is 1. The van der Waals surface area contributed by atoms with Crippen molar-refractivity contribution in [2.75, 3.05) is 4.31 Å². The summed E-state index contributed by atoms with van der Waals surface area (Å²) in [5.41, 5.74) is 7.03. The standard InChI is InChI=1S/C25H23N3O6S/c26-21(29)13-17-8-4-10-19(12-17)28(35(33,34)15-16-6-2-1-3-7-16)22(30)14-18-9-5-11-20-23(18)25(32)27-24(20)31/h1-12,22,30H,13-15H2,(H2,26,29)(H,27,31,32). The van der Waals surface area contributed by atoms with Crippen molar-refractivity contribution in [3.63, 3.8) is 0 Å². The zero-order chi connectivity index (χ0) is 25.2. The molecule has 0 aromatic heterocycles. The number of carbonyl (C=O) groups is 3. The van der Waals surface area contributed by atoms with Crippen molar-refractivity contribution in [1.29, 1.82) is 0 Å². The molecule has 1 atom stereocenters. The second-order valence-corrected chi connectivity index (χ2v) is 10.0. The summed E-state index contributed by atoms with van der Waals surface area (Å²) in [5, 5.41) is 13.4. The SMILES string of the molecule is NC(=O)Cc1cccc(N(C(O)Cc2cccc3c2C(=O)NC3=O)S(=O)(=O)Cc2ccccc2)c1. The lowest BCUT2D eigenvalue weighted by atomic mass is 9.99. The Morgan fingerprint density at radius 3 is 2.34 bits per heavy atom. The van der Waals surface area contributed by atoms with Gasteiger partial charge in [0.15, 0.2) is 0 Å². The third-order valence-corrected chi connectivity index (χ3v) is 7.31. The van der Waals surface area contributed by atoms with Gasteiger partial charge in [0.2, 0.25) is 15.9 Å². The maximum Gasteiger partial charge on any atom is 0.259 e. The number of hydrogen-bond acceptors (Lipinski definition) is 6. The second-order valence-electron chi connectivity index (χ2n) is 8.16. The van der Waals surface area contributed by atoms with E-state index in [9.17, 15) is 27.9 Å². The Bertz CT molecular complexity index is 1410. The summed E-state index contributed by atoms with van der Waals surface area (Å²) in [6.07, 6.45) is -1.97. The van der Waals surface area contributed by atoms with Gasteiger partial charge >= 0.3 is 0 Å². The van der Waals surface area contributed by atoms with Gasteiger partial charge in [-0.3, -0.25) is 19.7 Å². The fraction of sp³-hybridized carbons (Fsp3) is 0.160. The van der Waals surface area contributed by atoms with Crippen molar-refractivity contribution in [1.82, 2.24) is 5.32 Å². The number of nitrogens with one attached hydrogen (secondary N) is 1. The van der Waals surface area contributed by atoms with E-state index in [0.29, 0.717) is 16.7 Å². The molecule has 1 aliphatic heterocycles. The van der Waals surface area contributed by atoms with Crippen LogP contribution in [0.4, 0.5) is 5.69 Å². The van der Waals surface area contributed by atoms with Crippen molar-refractivity contribution in [3.8, 4) is 0 Å². The van der Waals surface area contributed by atoms with Crippen LogP contribution in [0.3, 0.4) is 0 Å². The smallest absolute Gasteiger partial charge is 0.259 e. The monoisotopic (exact) mass is 493 g/mol. The van der Waals surface area contributed by atoms with Gasteiger partial charge in [-0.1, -0.05) is 54.6 Å². The van der Waals surface area contributed by atoms with Crippen molar-refractivity contribution in [2.24, 2.45) is 5.73 Å². The molecule has 180 valence electrons. The number of aliphatic hydroxyl groups excluding tert-OH is 1. The molecular formula is C25H23N3O6S. The summed E-state index contributed by atoms with van der Waals surface area (Å²) < 4.78 is 28.0. The van der Waals surface area contributed by atoms with Crippen molar-refractivity contribution >= 4 is 33.4 Å². The number of fused-ring (bicyclic) bond motifs is 1. The number of nitrogens with two attached hydrogens (primary N) is 1. The van der Waals surface area contributed by atoms with E-state index in [1.54, 1.807) is 54.6 Å². The normalized spacial score (nSPS) is 13.7. The van der Waals surface area contributed by atoms with Crippen LogP contribution in [-0.4, -0.2) is 37.5 Å². The molecule has 0 saturated carbocycles. The molecule has 10 heteroatoms. The summed E-state index contributed by atoms with van der Waals surface area (Å²) in [7, 11) is -4.13. The Kier molecular flexibility index (Phi) is 6.68. The summed E-state index contributed by atoms with van der Waals surface area (Å²) in [6, 6.07) is 19.3. The largest absolute Gasteiger partial charge is 0.372 e. The van der Waals surface area contributed by atoms with Gasteiger partial charge in [0.25, 0.3) is 11.8 Å². The number of imide groups is 1. The molecule has 35 heavy (non-hydrogen) atoms. The average molecular weight is 494 g/mol. The number of rotatable bonds is 9. The third-order valence-electron chi connectivity index (χ3n) is 5.56. The molecule has 1 unspecified atom stereocenters. The Labute approximate surface area is 202 Å². The molecule has 0 fully saturated rings. The third kappa shape index (κ3) is 5.23. The first-order chi connectivity index (χ1) is 16.7. The minimum Gasteiger partial charge on any atom is -0.372 e. The fourth-order valence-corrected chi connectivity index (χ4v) is 5.75.